The van der Waals surface area contributed by atoms with Crippen molar-refractivity contribution in [2.45, 2.75) is 58.6 Å². The van der Waals surface area contributed by atoms with Gasteiger partial charge in [-0.3, -0.25) is 0 Å². The lowest BCUT2D eigenvalue weighted by Gasteiger charge is -2.44. The molecule has 0 saturated heterocycles. The molecule has 0 aromatic carbocycles. The highest BCUT2D eigenvalue weighted by Crippen LogP contribution is 2.43. The van der Waals surface area contributed by atoms with E-state index in [9.17, 15) is 5.11 Å². The lowest BCUT2D eigenvalue weighted by atomic mass is 9.64. The maximum atomic E-state index is 9.62. The summed E-state index contributed by atoms with van der Waals surface area (Å²) >= 11 is 0. The second-order valence-corrected chi connectivity index (χ2v) is 4.98. The Balaban J connectivity index is 2.64. The molecule has 4 atom stereocenters. The summed E-state index contributed by atoms with van der Waals surface area (Å²) in [6, 6.07) is -0.00671. The Kier molecular flexibility index (Phi) is 3.36. The molecule has 3 N–H and O–H groups in total. The molecule has 0 heterocycles. The van der Waals surface area contributed by atoms with Crippen LogP contribution in [0.5, 0.6) is 0 Å². The van der Waals surface area contributed by atoms with Crippen LogP contribution in [0.2, 0.25) is 0 Å². The fourth-order valence-corrected chi connectivity index (χ4v) is 2.62. The van der Waals surface area contributed by atoms with Gasteiger partial charge in [-0.05, 0) is 30.6 Å². The van der Waals surface area contributed by atoms with Gasteiger partial charge in [0.25, 0.3) is 0 Å². The molecule has 1 unspecified atom stereocenters. The van der Waals surface area contributed by atoms with Gasteiger partial charge in [0.05, 0.1) is 6.10 Å². The molecule has 1 rings (SSSR count). The molecule has 0 amide bonds. The van der Waals surface area contributed by atoms with Gasteiger partial charge in [-0.25, -0.2) is 0 Å². The quantitative estimate of drug-likeness (QED) is 0.690. The molecule has 2 nitrogen and oxygen atoms in total. The van der Waals surface area contributed by atoms with Gasteiger partial charge < -0.3 is 10.8 Å². The smallest absolute Gasteiger partial charge is 0.0694 e. The summed E-state index contributed by atoms with van der Waals surface area (Å²) < 4.78 is 0. The first-order chi connectivity index (χ1) is 5.99. The van der Waals surface area contributed by atoms with Crippen molar-refractivity contribution in [1.29, 1.82) is 0 Å². The van der Waals surface area contributed by atoms with Crippen molar-refractivity contribution >= 4 is 0 Å². The summed E-state index contributed by atoms with van der Waals surface area (Å²) in [5.41, 5.74) is 6.25. The Morgan fingerprint density at radius 2 is 2.15 bits per heavy atom. The minimum atomic E-state index is -0.278. The Morgan fingerprint density at radius 3 is 2.69 bits per heavy atom. The minimum absolute atomic E-state index is 0.00671. The van der Waals surface area contributed by atoms with Gasteiger partial charge in [0.1, 0.15) is 0 Å². The van der Waals surface area contributed by atoms with Crippen LogP contribution in [0.1, 0.15) is 46.5 Å². The van der Waals surface area contributed by atoms with Crippen LogP contribution in [0, 0.1) is 11.3 Å². The fraction of sp³-hybridized carbons (Fsp3) is 1.00. The number of aliphatic hydroxyl groups excluding tert-OH is 1. The van der Waals surface area contributed by atoms with Crippen molar-refractivity contribution in [3.8, 4) is 0 Å². The SMILES string of the molecule is CCC[C@@]1(C)C[C@H](N)[C@H](O)CC1C. The number of aliphatic hydroxyl groups is 1. The van der Waals surface area contributed by atoms with Crippen LogP contribution >= 0.6 is 0 Å². The zero-order valence-corrected chi connectivity index (χ0v) is 9.09. The van der Waals surface area contributed by atoms with E-state index < -0.39 is 0 Å². The van der Waals surface area contributed by atoms with Gasteiger partial charge in [-0.1, -0.05) is 27.2 Å². The zero-order chi connectivity index (χ0) is 10.1. The molecular weight excluding hydrogens is 162 g/mol. The second kappa shape index (κ2) is 3.97. The molecule has 1 fully saturated rings. The van der Waals surface area contributed by atoms with Crippen LogP contribution in [-0.2, 0) is 0 Å². The predicted octanol–water partition coefficient (Wildman–Crippen LogP) is 1.91. The van der Waals surface area contributed by atoms with Gasteiger partial charge in [0.2, 0.25) is 0 Å². The van der Waals surface area contributed by atoms with E-state index in [1.54, 1.807) is 0 Å². The Labute approximate surface area is 81.5 Å². The van der Waals surface area contributed by atoms with E-state index >= 15 is 0 Å². The predicted molar refractivity (Wildman–Crippen MR) is 55.4 cm³/mol. The molecule has 0 aromatic rings. The Hall–Kier alpha value is -0.0800. The Morgan fingerprint density at radius 1 is 1.54 bits per heavy atom. The van der Waals surface area contributed by atoms with Crippen molar-refractivity contribution < 1.29 is 5.11 Å². The van der Waals surface area contributed by atoms with Crippen molar-refractivity contribution in [3.05, 3.63) is 0 Å². The third-order valence-corrected chi connectivity index (χ3v) is 3.80. The van der Waals surface area contributed by atoms with E-state index in [0.29, 0.717) is 11.3 Å². The van der Waals surface area contributed by atoms with Gasteiger partial charge in [0.15, 0.2) is 0 Å². The summed E-state index contributed by atoms with van der Waals surface area (Å²) in [4.78, 5) is 0. The summed E-state index contributed by atoms with van der Waals surface area (Å²) in [7, 11) is 0. The lowest BCUT2D eigenvalue weighted by Crippen LogP contribution is -2.48. The normalized spacial score (nSPS) is 46.4. The molecule has 78 valence electrons. The van der Waals surface area contributed by atoms with Gasteiger partial charge >= 0.3 is 0 Å². The largest absolute Gasteiger partial charge is 0.392 e. The van der Waals surface area contributed by atoms with Gasteiger partial charge in [0, 0.05) is 6.04 Å². The average Bonchev–Trinajstić information content (AvgIpc) is 2.02. The third kappa shape index (κ3) is 2.23. The van der Waals surface area contributed by atoms with E-state index in [0.717, 1.165) is 12.8 Å². The van der Waals surface area contributed by atoms with E-state index in [1.807, 2.05) is 0 Å². The molecule has 0 bridgehead atoms. The first-order valence-corrected chi connectivity index (χ1v) is 5.43. The summed E-state index contributed by atoms with van der Waals surface area (Å²) in [6.45, 7) is 6.77. The number of hydrogen-bond acceptors (Lipinski definition) is 2. The highest BCUT2D eigenvalue weighted by atomic mass is 16.3. The van der Waals surface area contributed by atoms with Crippen molar-refractivity contribution in [1.82, 2.24) is 0 Å². The van der Waals surface area contributed by atoms with Crippen LogP contribution in [-0.4, -0.2) is 17.3 Å². The maximum absolute atomic E-state index is 9.62. The third-order valence-electron chi connectivity index (χ3n) is 3.80. The minimum Gasteiger partial charge on any atom is -0.392 e. The van der Waals surface area contributed by atoms with Crippen LogP contribution in [0.4, 0.5) is 0 Å². The monoisotopic (exact) mass is 185 g/mol. The van der Waals surface area contributed by atoms with E-state index in [2.05, 4.69) is 20.8 Å². The van der Waals surface area contributed by atoms with E-state index in [-0.39, 0.29) is 12.1 Å². The first kappa shape index (κ1) is 11.0. The van der Waals surface area contributed by atoms with Gasteiger partial charge in [-0.15, -0.1) is 0 Å². The summed E-state index contributed by atoms with van der Waals surface area (Å²) in [5, 5.41) is 9.62. The molecule has 1 saturated carbocycles. The summed E-state index contributed by atoms with van der Waals surface area (Å²) in [6.07, 6.45) is 4.01. The first-order valence-electron chi connectivity index (χ1n) is 5.43. The summed E-state index contributed by atoms with van der Waals surface area (Å²) in [5.74, 6) is 0.599. The van der Waals surface area contributed by atoms with E-state index in [1.165, 1.54) is 12.8 Å². The molecular formula is C11H23NO. The molecule has 0 spiro atoms. The van der Waals surface area contributed by atoms with Crippen LogP contribution in [0.25, 0.3) is 0 Å². The topological polar surface area (TPSA) is 46.2 Å². The second-order valence-electron chi connectivity index (χ2n) is 4.98. The number of nitrogens with two attached hydrogens (primary N) is 1. The van der Waals surface area contributed by atoms with Gasteiger partial charge in [-0.2, -0.15) is 0 Å². The molecule has 2 heteroatoms. The van der Waals surface area contributed by atoms with Crippen LogP contribution < -0.4 is 5.73 Å². The van der Waals surface area contributed by atoms with Crippen LogP contribution in [0.3, 0.4) is 0 Å². The molecule has 1 aliphatic carbocycles. The Bertz CT molecular complexity index is 171. The van der Waals surface area contributed by atoms with Crippen LogP contribution in [0.15, 0.2) is 0 Å². The molecule has 1 aliphatic rings. The molecule has 0 aromatic heterocycles. The molecule has 0 aliphatic heterocycles. The molecule has 13 heavy (non-hydrogen) atoms. The highest BCUT2D eigenvalue weighted by molar-refractivity contribution is 4.93. The maximum Gasteiger partial charge on any atom is 0.0694 e. The van der Waals surface area contributed by atoms with Crippen molar-refractivity contribution in [2.75, 3.05) is 0 Å². The zero-order valence-electron chi connectivity index (χ0n) is 9.09. The fourth-order valence-electron chi connectivity index (χ4n) is 2.62. The van der Waals surface area contributed by atoms with Crippen molar-refractivity contribution in [3.63, 3.8) is 0 Å². The average molecular weight is 185 g/mol. The molecule has 0 radical (unpaired) electrons. The standard InChI is InChI=1S/C11H23NO/c1-4-5-11(3)7-9(12)10(13)6-8(11)2/h8-10,13H,4-7,12H2,1-3H3/t8?,9-,10+,11-/m0/s1. The number of hydrogen-bond donors (Lipinski definition) is 2. The van der Waals surface area contributed by atoms with Crippen molar-refractivity contribution in [2.24, 2.45) is 17.1 Å². The lowest BCUT2D eigenvalue weighted by molar-refractivity contribution is 0.00456. The number of rotatable bonds is 2. The van der Waals surface area contributed by atoms with E-state index in [4.69, 9.17) is 5.73 Å². The highest BCUT2D eigenvalue weighted by Gasteiger charge is 2.39.